The fourth-order valence-electron chi connectivity index (χ4n) is 4.16. The molecule has 4 aromatic rings. The van der Waals surface area contributed by atoms with Crippen molar-refractivity contribution in [3.63, 3.8) is 0 Å². The average Bonchev–Trinajstić information content (AvgIpc) is 3.42. The lowest BCUT2D eigenvalue weighted by molar-refractivity contribution is 0.760. The smallest absolute Gasteiger partial charge is 0.156 e. The van der Waals surface area contributed by atoms with E-state index in [0.29, 0.717) is 0 Å². The van der Waals surface area contributed by atoms with Gasteiger partial charge in [0, 0.05) is 67.8 Å². The maximum Gasteiger partial charge on any atom is 0.156 e. The van der Waals surface area contributed by atoms with Crippen LogP contribution in [0.4, 0.5) is 11.5 Å². The number of rotatable bonds is 4. The standard InChI is InChI=1S/C23H24N8/c1-25-10-17(9-24)19-12-26-23-22(19)29-21(13-27-23)31-7-3-4-16-8-15(5-6-20(16)31)18-11-28-30(2)14-18/h5-6,8-14H,3-4,7,24H2,1-2H3,(H,26,27). The molecule has 8 nitrogen and oxygen atoms in total. The summed E-state index contributed by atoms with van der Waals surface area (Å²) in [5.41, 5.74) is 13.8. The van der Waals surface area contributed by atoms with Crippen LogP contribution < -0.4 is 10.6 Å². The van der Waals surface area contributed by atoms with Crippen LogP contribution in [0.15, 0.2) is 54.2 Å². The molecule has 1 aromatic carbocycles. The molecule has 0 aliphatic carbocycles. The fourth-order valence-corrected chi connectivity index (χ4v) is 4.16. The van der Waals surface area contributed by atoms with Gasteiger partial charge in [0.05, 0.1) is 12.4 Å². The van der Waals surface area contributed by atoms with Gasteiger partial charge in [-0.3, -0.25) is 9.67 Å². The predicted molar refractivity (Wildman–Crippen MR) is 124 cm³/mol. The summed E-state index contributed by atoms with van der Waals surface area (Å²) in [7, 11) is 3.66. The zero-order chi connectivity index (χ0) is 21.4. The lowest BCUT2D eigenvalue weighted by Gasteiger charge is -2.30. The van der Waals surface area contributed by atoms with Gasteiger partial charge in [-0.25, -0.2) is 9.97 Å². The first kappa shape index (κ1) is 19.0. The highest BCUT2D eigenvalue weighted by Crippen LogP contribution is 2.36. The summed E-state index contributed by atoms with van der Waals surface area (Å²) in [6.45, 7) is 0.898. The van der Waals surface area contributed by atoms with Gasteiger partial charge >= 0.3 is 0 Å². The molecule has 0 bridgehead atoms. The summed E-state index contributed by atoms with van der Waals surface area (Å²) in [5.74, 6) is 0.827. The quantitative estimate of drug-likeness (QED) is 0.500. The van der Waals surface area contributed by atoms with E-state index >= 15 is 0 Å². The van der Waals surface area contributed by atoms with E-state index in [1.807, 2.05) is 36.5 Å². The third-order valence-electron chi connectivity index (χ3n) is 5.64. The molecule has 0 unspecified atom stereocenters. The molecule has 5 rings (SSSR count). The number of aromatic amines is 1. The van der Waals surface area contributed by atoms with Crippen LogP contribution in [0.25, 0.3) is 27.9 Å². The molecule has 1 aliphatic heterocycles. The van der Waals surface area contributed by atoms with Crippen molar-refractivity contribution >= 4 is 34.5 Å². The van der Waals surface area contributed by atoms with Crippen molar-refractivity contribution in [2.75, 3.05) is 18.5 Å². The molecule has 0 saturated carbocycles. The average molecular weight is 413 g/mol. The lowest BCUT2D eigenvalue weighted by atomic mass is 9.97. The second kappa shape index (κ2) is 7.71. The Morgan fingerprint density at radius 3 is 2.94 bits per heavy atom. The topological polar surface area (TPSA) is 101 Å². The van der Waals surface area contributed by atoms with Gasteiger partial charge in [-0.15, -0.1) is 0 Å². The highest BCUT2D eigenvalue weighted by molar-refractivity contribution is 6.13. The largest absolute Gasteiger partial charge is 0.404 e. The van der Waals surface area contributed by atoms with Crippen LogP contribution in [0.3, 0.4) is 0 Å². The molecule has 1 aliphatic rings. The van der Waals surface area contributed by atoms with Gasteiger partial charge in [0.15, 0.2) is 11.5 Å². The van der Waals surface area contributed by atoms with E-state index in [9.17, 15) is 0 Å². The van der Waals surface area contributed by atoms with E-state index < -0.39 is 0 Å². The van der Waals surface area contributed by atoms with Crippen LogP contribution in [0.2, 0.25) is 0 Å². The Morgan fingerprint density at radius 1 is 1.26 bits per heavy atom. The molecule has 156 valence electrons. The van der Waals surface area contributed by atoms with Crippen LogP contribution in [-0.4, -0.2) is 44.5 Å². The normalized spacial score (nSPS) is 14.5. The lowest BCUT2D eigenvalue weighted by Crippen LogP contribution is -2.25. The summed E-state index contributed by atoms with van der Waals surface area (Å²) < 4.78 is 1.83. The molecule has 4 heterocycles. The summed E-state index contributed by atoms with van der Waals surface area (Å²) in [6, 6.07) is 6.59. The molecule has 0 saturated heterocycles. The molecular weight excluding hydrogens is 388 g/mol. The molecule has 0 spiro atoms. The van der Waals surface area contributed by atoms with Crippen LogP contribution >= 0.6 is 0 Å². The number of nitrogens with zero attached hydrogens (tertiary/aromatic N) is 6. The van der Waals surface area contributed by atoms with Crippen molar-refractivity contribution in [2.24, 2.45) is 17.8 Å². The second-order valence-electron chi connectivity index (χ2n) is 7.64. The number of H-pyrrole nitrogens is 1. The van der Waals surface area contributed by atoms with Crippen LogP contribution in [0.1, 0.15) is 17.5 Å². The van der Waals surface area contributed by atoms with Crippen molar-refractivity contribution < 1.29 is 0 Å². The van der Waals surface area contributed by atoms with Crippen molar-refractivity contribution in [3.8, 4) is 11.1 Å². The number of anilines is 2. The molecule has 0 atom stereocenters. The minimum absolute atomic E-state index is 0.728. The van der Waals surface area contributed by atoms with E-state index in [1.165, 1.54) is 16.8 Å². The Hall–Kier alpha value is -3.94. The van der Waals surface area contributed by atoms with E-state index in [4.69, 9.17) is 10.7 Å². The molecular formula is C23H24N8. The molecule has 0 amide bonds. The summed E-state index contributed by atoms with van der Waals surface area (Å²) >= 11 is 0. The van der Waals surface area contributed by atoms with Crippen molar-refractivity contribution in [3.05, 3.63) is 60.3 Å². The van der Waals surface area contributed by atoms with Gasteiger partial charge < -0.3 is 15.6 Å². The molecule has 3 aromatic heterocycles. The minimum Gasteiger partial charge on any atom is -0.404 e. The first-order valence-electron chi connectivity index (χ1n) is 10.3. The molecule has 0 fully saturated rings. The van der Waals surface area contributed by atoms with Crippen molar-refractivity contribution in [1.82, 2.24) is 24.7 Å². The fraction of sp³-hybridized carbons (Fsp3) is 0.217. The van der Waals surface area contributed by atoms with E-state index in [1.54, 1.807) is 19.5 Å². The van der Waals surface area contributed by atoms with Gasteiger partial charge in [-0.1, -0.05) is 6.07 Å². The number of hydrogen-bond donors (Lipinski definition) is 2. The van der Waals surface area contributed by atoms with E-state index in [0.717, 1.165) is 53.1 Å². The Labute approximate surface area is 180 Å². The number of aryl methyl sites for hydroxylation is 2. The number of nitrogens with one attached hydrogen (secondary N) is 1. The van der Waals surface area contributed by atoms with Gasteiger partial charge in [-0.2, -0.15) is 5.10 Å². The highest BCUT2D eigenvalue weighted by atomic mass is 15.2. The third-order valence-corrected chi connectivity index (χ3v) is 5.64. The predicted octanol–water partition coefficient (Wildman–Crippen LogP) is 3.44. The van der Waals surface area contributed by atoms with Crippen LogP contribution in [0.5, 0.6) is 0 Å². The Kier molecular flexibility index (Phi) is 4.74. The number of benzene rings is 1. The summed E-state index contributed by atoms with van der Waals surface area (Å²) in [5, 5.41) is 4.30. The Balaban J connectivity index is 1.56. The van der Waals surface area contributed by atoms with Crippen molar-refractivity contribution in [2.45, 2.75) is 12.8 Å². The zero-order valence-electron chi connectivity index (χ0n) is 17.6. The molecule has 31 heavy (non-hydrogen) atoms. The number of fused-ring (bicyclic) bond motifs is 2. The van der Waals surface area contributed by atoms with E-state index in [2.05, 4.69) is 43.2 Å². The SMILES string of the molecule is CN=CC(=CN)c1c[nH]c2ncc(N3CCCc4cc(-c5cnn(C)c5)ccc43)nc12. The molecule has 0 radical (unpaired) electrons. The third kappa shape index (κ3) is 3.35. The van der Waals surface area contributed by atoms with Crippen LogP contribution in [0, 0.1) is 0 Å². The maximum atomic E-state index is 5.82. The maximum absolute atomic E-state index is 5.82. The molecule has 3 N–H and O–H groups in total. The van der Waals surface area contributed by atoms with Crippen molar-refractivity contribution in [1.29, 1.82) is 0 Å². The summed E-state index contributed by atoms with van der Waals surface area (Å²) in [4.78, 5) is 19.1. The van der Waals surface area contributed by atoms with E-state index in [-0.39, 0.29) is 0 Å². The second-order valence-corrected chi connectivity index (χ2v) is 7.64. The highest BCUT2D eigenvalue weighted by Gasteiger charge is 2.21. The first-order valence-corrected chi connectivity index (χ1v) is 10.3. The Morgan fingerprint density at radius 2 is 2.16 bits per heavy atom. The molecule has 8 heteroatoms. The Bertz CT molecular complexity index is 1310. The summed E-state index contributed by atoms with van der Waals surface area (Å²) in [6.07, 6.45) is 13.0. The van der Waals surface area contributed by atoms with Crippen LogP contribution in [-0.2, 0) is 13.5 Å². The number of aliphatic imine (C=N–C) groups is 1. The van der Waals surface area contributed by atoms with Gasteiger partial charge in [0.2, 0.25) is 0 Å². The monoisotopic (exact) mass is 412 g/mol. The van der Waals surface area contributed by atoms with Gasteiger partial charge in [0.25, 0.3) is 0 Å². The first-order chi connectivity index (χ1) is 15.2. The number of aromatic nitrogens is 5. The van der Waals surface area contributed by atoms with Gasteiger partial charge in [0.1, 0.15) is 5.52 Å². The zero-order valence-corrected chi connectivity index (χ0v) is 17.6. The number of allylic oxidation sites excluding steroid dienone is 1. The number of hydrogen-bond acceptors (Lipinski definition) is 6. The minimum atomic E-state index is 0.728. The van der Waals surface area contributed by atoms with Gasteiger partial charge in [-0.05, 0) is 36.1 Å². The number of nitrogens with two attached hydrogens (primary N) is 1.